The van der Waals surface area contributed by atoms with Crippen LogP contribution in [0.2, 0.25) is 0 Å². The number of hydrogen-bond acceptors (Lipinski definition) is 3. The summed E-state index contributed by atoms with van der Waals surface area (Å²) in [6, 6.07) is 13.1. The summed E-state index contributed by atoms with van der Waals surface area (Å²) < 4.78 is 33.2. The van der Waals surface area contributed by atoms with E-state index in [-0.39, 0.29) is 11.6 Å². The van der Waals surface area contributed by atoms with Crippen molar-refractivity contribution < 1.29 is 18.3 Å². The summed E-state index contributed by atoms with van der Waals surface area (Å²) >= 11 is 0. The van der Waals surface area contributed by atoms with Gasteiger partial charge in [0.05, 0.1) is 18.8 Å². The molecule has 1 unspecified atom stereocenters. The van der Waals surface area contributed by atoms with Crippen LogP contribution in [0.1, 0.15) is 22.8 Å². The Hall–Kier alpha value is -2.31. The number of rotatable bonds is 6. The minimum absolute atomic E-state index is 0.168. The maximum Gasteiger partial charge on any atom is 0.257 e. The van der Waals surface area contributed by atoms with Crippen LogP contribution in [-0.2, 0) is 11.3 Å². The number of carbonyl (C=O) groups is 1. The number of morpholine rings is 1. The Morgan fingerprint density at radius 2 is 1.81 bits per heavy atom. The molecule has 144 valence electrons. The number of ether oxygens (including phenoxy) is 1. The molecule has 0 radical (unpaired) electrons. The summed E-state index contributed by atoms with van der Waals surface area (Å²) in [7, 11) is 0. The number of benzene rings is 2. The van der Waals surface area contributed by atoms with E-state index in [1.165, 1.54) is 12.1 Å². The molecule has 1 fully saturated rings. The highest BCUT2D eigenvalue weighted by atomic mass is 19.2. The first-order valence-corrected chi connectivity index (χ1v) is 9.15. The van der Waals surface area contributed by atoms with E-state index >= 15 is 0 Å². The molecule has 3 rings (SSSR count). The van der Waals surface area contributed by atoms with Crippen LogP contribution in [0.25, 0.3) is 0 Å². The minimum atomic E-state index is -1.10. The quantitative estimate of drug-likeness (QED) is 0.778. The maximum atomic E-state index is 14.2. The van der Waals surface area contributed by atoms with Gasteiger partial charge in [0.15, 0.2) is 11.6 Å². The molecule has 1 atom stereocenters. The van der Waals surface area contributed by atoms with Gasteiger partial charge in [0, 0.05) is 32.2 Å². The molecule has 0 N–H and O–H groups in total. The molecule has 1 aliphatic rings. The number of hydrogen-bond donors (Lipinski definition) is 0. The van der Waals surface area contributed by atoms with Gasteiger partial charge in [-0.25, -0.2) is 8.78 Å². The molecule has 4 nitrogen and oxygen atoms in total. The Balaban J connectivity index is 1.84. The van der Waals surface area contributed by atoms with Crippen LogP contribution in [0.4, 0.5) is 8.78 Å². The van der Waals surface area contributed by atoms with Gasteiger partial charge >= 0.3 is 0 Å². The number of nitrogens with zero attached hydrogens (tertiary/aromatic N) is 2. The lowest BCUT2D eigenvalue weighted by Gasteiger charge is -2.35. The molecule has 0 bridgehead atoms. The van der Waals surface area contributed by atoms with Gasteiger partial charge in [-0.3, -0.25) is 9.69 Å². The third kappa shape index (κ3) is 4.90. The molecule has 0 saturated carbocycles. The molecular weight excluding hydrogens is 350 g/mol. The van der Waals surface area contributed by atoms with Crippen molar-refractivity contribution in [2.75, 3.05) is 32.8 Å². The zero-order valence-corrected chi connectivity index (χ0v) is 15.4. The molecule has 0 spiro atoms. The number of halogens is 2. The Morgan fingerprint density at radius 3 is 2.52 bits per heavy atom. The van der Waals surface area contributed by atoms with Crippen molar-refractivity contribution in [2.24, 2.45) is 0 Å². The van der Waals surface area contributed by atoms with Crippen molar-refractivity contribution in [2.45, 2.75) is 19.5 Å². The molecule has 1 saturated heterocycles. The zero-order valence-electron chi connectivity index (χ0n) is 15.4. The molecule has 1 aliphatic heterocycles. The van der Waals surface area contributed by atoms with Gasteiger partial charge in [0.2, 0.25) is 0 Å². The van der Waals surface area contributed by atoms with Gasteiger partial charge in [0.1, 0.15) is 0 Å². The van der Waals surface area contributed by atoms with Crippen molar-refractivity contribution in [3.8, 4) is 0 Å². The predicted octanol–water partition coefficient (Wildman–Crippen LogP) is 3.33. The second-order valence-electron chi connectivity index (χ2n) is 6.78. The fourth-order valence-corrected chi connectivity index (χ4v) is 3.29. The topological polar surface area (TPSA) is 32.8 Å². The minimum Gasteiger partial charge on any atom is -0.379 e. The predicted molar refractivity (Wildman–Crippen MR) is 99.4 cm³/mol. The lowest BCUT2D eigenvalue weighted by Crippen LogP contribution is -2.48. The van der Waals surface area contributed by atoms with Crippen LogP contribution < -0.4 is 0 Å². The van der Waals surface area contributed by atoms with E-state index in [1.807, 2.05) is 37.3 Å². The summed E-state index contributed by atoms with van der Waals surface area (Å²) in [6.45, 7) is 5.85. The SMILES string of the molecule is CC(CN1CCOCC1)N(Cc1ccccc1)C(=O)c1cccc(F)c1F. The fourth-order valence-electron chi connectivity index (χ4n) is 3.29. The van der Waals surface area contributed by atoms with E-state index in [4.69, 9.17) is 4.74 Å². The Labute approximate surface area is 158 Å². The van der Waals surface area contributed by atoms with Crippen molar-refractivity contribution in [1.29, 1.82) is 0 Å². The van der Waals surface area contributed by atoms with Gasteiger partial charge in [-0.2, -0.15) is 0 Å². The lowest BCUT2D eigenvalue weighted by molar-refractivity contribution is 0.0227. The van der Waals surface area contributed by atoms with Gasteiger partial charge in [-0.1, -0.05) is 36.4 Å². The van der Waals surface area contributed by atoms with E-state index in [0.717, 1.165) is 24.7 Å². The van der Waals surface area contributed by atoms with Crippen LogP contribution >= 0.6 is 0 Å². The maximum absolute atomic E-state index is 14.2. The molecule has 2 aromatic rings. The number of amides is 1. The molecule has 27 heavy (non-hydrogen) atoms. The van der Waals surface area contributed by atoms with Gasteiger partial charge < -0.3 is 9.64 Å². The van der Waals surface area contributed by atoms with E-state index in [1.54, 1.807) is 4.90 Å². The normalized spacial score (nSPS) is 16.1. The molecule has 2 aromatic carbocycles. The smallest absolute Gasteiger partial charge is 0.257 e. The number of carbonyl (C=O) groups excluding carboxylic acids is 1. The molecular formula is C21H24F2N2O2. The van der Waals surface area contributed by atoms with Crippen LogP contribution in [0, 0.1) is 11.6 Å². The molecule has 6 heteroatoms. The lowest BCUT2D eigenvalue weighted by atomic mass is 10.1. The molecule has 1 amide bonds. The molecule has 1 heterocycles. The van der Waals surface area contributed by atoms with Crippen molar-refractivity contribution in [3.05, 3.63) is 71.3 Å². The summed E-state index contributed by atoms with van der Waals surface area (Å²) in [5.41, 5.74) is 0.705. The summed E-state index contributed by atoms with van der Waals surface area (Å²) in [4.78, 5) is 16.9. The van der Waals surface area contributed by atoms with E-state index in [2.05, 4.69) is 4.90 Å². The van der Waals surface area contributed by atoms with E-state index in [9.17, 15) is 13.6 Å². The summed E-state index contributed by atoms with van der Waals surface area (Å²) in [6.07, 6.45) is 0. The summed E-state index contributed by atoms with van der Waals surface area (Å²) in [5, 5.41) is 0. The largest absolute Gasteiger partial charge is 0.379 e. The van der Waals surface area contributed by atoms with E-state index in [0.29, 0.717) is 26.3 Å². The van der Waals surface area contributed by atoms with Crippen molar-refractivity contribution >= 4 is 5.91 Å². The van der Waals surface area contributed by atoms with Gasteiger partial charge in [-0.05, 0) is 24.6 Å². The van der Waals surface area contributed by atoms with Crippen molar-refractivity contribution in [1.82, 2.24) is 9.80 Å². The highest BCUT2D eigenvalue weighted by Crippen LogP contribution is 2.18. The van der Waals surface area contributed by atoms with Gasteiger partial charge in [-0.15, -0.1) is 0 Å². The third-order valence-electron chi connectivity index (χ3n) is 4.80. The van der Waals surface area contributed by atoms with Crippen LogP contribution in [0.3, 0.4) is 0 Å². The van der Waals surface area contributed by atoms with Crippen molar-refractivity contribution in [3.63, 3.8) is 0 Å². The Kier molecular flexibility index (Phi) is 6.53. The first-order chi connectivity index (χ1) is 13.1. The third-order valence-corrected chi connectivity index (χ3v) is 4.80. The second-order valence-corrected chi connectivity index (χ2v) is 6.78. The average Bonchev–Trinajstić information content (AvgIpc) is 2.69. The Morgan fingerprint density at radius 1 is 1.11 bits per heavy atom. The van der Waals surface area contributed by atoms with Crippen LogP contribution in [-0.4, -0.2) is 54.6 Å². The second kappa shape index (κ2) is 9.06. The van der Waals surface area contributed by atoms with Gasteiger partial charge in [0.25, 0.3) is 5.91 Å². The highest BCUT2D eigenvalue weighted by Gasteiger charge is 2.27. The monoisotopic (exact) mass is 374 g/mol. The first-order valence-electron chi connectivity index (χ1n) is 9.15. The molecule has 0 aliphatic carbocycles. The summed E-state index contributed by atoms with van der Waals surface area (Å²) in [5.74, 6) is -2.61. The average molecular weight is 374 g/mol. The standard InChI is InChI=1S/C21H24F2N2O2/c1-16(14-24-10-12-27-13-11-24)25(15-17-6-3-2-4-7-17)21(26)18-8-5-9-19(22)20(18)23/h2-9,16H,10-15H2,1H3. The first kappa shape index (κ1) is 19.5. The fraction of sp³-hybridized carbons (Fsp3) is 0.381. The van der Waals surface area contributed by atoms with E-state index < -0.39 is 17.5 Å². The molecule has 0 aromatic heterocycles. The van der Waals surface area contributed by atoms with Crippen LogP contribution in [0.5, 0.6) is 0 Å². The zero-order chi connectivity index (χ0) is 19.2. The highest BCUT2D eigenvalue weighted by molar-refractivity contribution is 5.94. The Bertz CT molecular complexity index is 764. The van der Waals surface area contributed by atoms with Crippen LogP contribution in [0.15, 0.2) is 48.5 Å².